The Balaban J connectivity index is 2.61. The minimum Gasteiger partial charge on any atom is -0.491 e. The van der Waals surface area contributed by atoms with Gasteiger partial charge in [-0.3, -0.25) is 9.78 Å². The molecule has 1 aromatic heterocycles. The van der Waals surface area contributed by atoms with Crippen molar-refractivity contribution in [3.63, 3.8) is 0 Å². The number of pyridine rings is 1. The minimum atomic E-state index is -0.560. The van der Waals surface area contributed by atoms with Crippen LogP contribution in [0.15, 0.2) is 30.5 Å². The van der Waals surface area contributed by atoms with Gasteiger partial charge < -0.3 is 16.2 Å². The molecule has 0 aliphatic rings. The molecule has 0 saturated heterocycles. The van der Waals surface area contributed by atoms with Gasteiger partial charge in [-0.15, -0.1) is 0 Å². The summed E-state index contributed by atoms with van der Waals surface area (Å²) in [5, 5.41) is 0.761. The van der Waals surface area contributed by atoms with Crippen LogP contribution in [0.3, 0.4) is 0 Å². The molecule has 0 saturated carbocycles. The van der Waals surface area contributed by atoms with Gasteiger partial charge >= 0.3 is 0 Å². The summed E-state index contributed by atoms with van der Waals surface area (Å²) in [6, 6.07) is 7.39. The zero-order chi connectivity index (χ0) is 12.3. The number of nitrogens with zero attached hydrogens (tertiary/aromatic N) is 1. The van der Waals surface area contributed by atoms with Crippen LogP contribution in [0.4, 0.5) is 0 Å². The number of fused-ring (bicyclic) bond motifs is 1. The van der Waals surface area contributed by atoms with Crippen LogP contribution in [-0.2, 0) is 0 Å². The predicted octanol–water partition coefficient (Wildman–Crippen LogP) is 0.671. The van der Waals surface area contributed by atoms with Crippen LogP contribution in [0.25, 0.3) is 10.9 Å². The molecule has 5 nitrogen and oxygen atoms in total. The Morgan fingerprint density at radius 1 is 1.35 bits per heavy atom. The van der Waals surface area contributed by atoms with E-state index in [0.717, 1.165) is 10.9 Å². The molecule has 0 aliphatic heterocycles. The lowest BCUT2D eigenvalue weighted by molar-refractivity contribution is 0.0996. The summed E-state index contributed by atoms with van der Waals surface area (Å²) in [6.07, 6.45) is 1.43. The van der Waals surface area contributed by atoms with Gasteiger partial charge in [0.2, 0.25) is 0 Å². The van der Waals surface area contributed by atoms with Crippen LogP contribution in [0.2, 0.25) is 0 Å². The monoisotopic (exact) mass is 231 g/mol. The minimum absolute atomic E-state index is 0.275. The van der Waals surface area contributed by atoms with Crippen molar-refractivity contribution in [3.8, 4) is 5.75 Å². The van der Waals surface area contributed by atoms with Crippen LogP contribution < -0.4 is 16.2 Å². The van der Waals surface area contributed by atoms with Gasteiger partial charge in [-0.05, 0) is 12.1 Å². The summed E-state index contributed by atoms with van der Waals surface area (Å²) in [4.78, 5) is 15.5. The Bertz CT molecular complexity index is 554. The first-order valence-corrected chi connectivity index (χ1v) is 5.24. The van der Waals surface area contributed by atoms with Crippen LogP contribution in [0.1, 0.15) is 10.4 Å². The number of hydrogen-bond donors (Lipinski definition) is 2. The van der Waals surface area contributed by atoms with Crippen molar-refractivity contribution in [1.29, 1.82) is 0 Å². The first-order valence-electron chi connectivity index (χ1n) is 5.24. The van der Waals surface area contributed by atoms with E-state index >= 15 is 0 Å². The van der Waals surface area contributed by atoms with E-state index in [-0.39, 0.29) is 5.56 Å². The number of carbonyl (C=O) groups is 1. The van der Waals surface area contributed by atoms with Gasteiger partial charge in [0.05, 0.1) is 5.52 Å². The van der Waals surface area contributed by atoms with Gasteiger partial charge in [0.25, 0.3) is 5.91 Å². The van der Waals surface area contributed by atoms with Gasteiger partial charge in [0, 0.05) is 18.1 Å². The summed E-state index contributed by atoms with van der Waals surface area (Å²) in [6.45, 7) is 0.698. The van der Waals surface area contributed by atoms with Crippen LogP contribution in [0.5, 0.6) is 5.75 Å². The number of hydrogen-bond acceptors (Lipinski definition) is 4. The number of primary amides is 1. The molecule has 0 radical (unpaired) electrons. The molecule has 5 heteroatoms. The highest BCUT2D eigenvalue weighted by Crippen LogP contribution is 2.27. The van der Waals surface area contributed by atoms with Gasteiger partial charge in [0.15, 0.2) is 0 Å². The first-order chi connectivity index (χ1) is 8.24. The molecule has 1 aromatic carbocycles. The van der Waals surface area contributed by atoms with E-state index in [9.17, 15) is 4.79 Å². The molecule has 0 spiro atoms. The van der Waals surface area contributed by atoms with Crippen molar-refractivity contribution in [2.24, 2.45) is 11.5 Å². The predicted molar refractivity (Wildman–Crippen MR) is 64.8 cm³/mol. The van der Waals surface area contributed by atoms with Crippen molar-refractivity contribution >= 4 is 16.8 Å². The zero-order valence-electron chi connectivity index (χ0n) is 9.22. The molecule has 1 heterocycles. The quantitative estimate of drug-likeness (QED) is 0.809. The van der Waals surface area contributed by atoms with Gasteiger partial charge in [-0.25, -0.2) is 0 Å². The van der Waals surface area contributed by atoms with E-state index in [1.54, 1.807) is 0 Å². The molecule has 0 atom stereocenters. The highest BCUT2D eigenvalue weighted by Gasteiger charge is 2.13. The lowest BCUT2D eigenvalue weighted by Crippen LogP contribution is -2.16. The van der Waals surface area contributed by atoms with Crippen molar-refractivity contribution in [1.82, 2.24) is 4.98 Å². The molecular formula is C12H13N3O2. The average Bonchev–Trinajstić information content (AvgIpc) is 2.35. The summed E-state index contributed by atoms with van der Waals surface area (Å²) in [7, 11) is 0. The lowest BCUT2D eigenvalue weighted by Gasteiger charge is -2.11. The third-order valence-electron chi connectivity index (χ3n) is 2.36. The van der Waals surface area contributed by atoms with Crippen molar-refractivity contribution in [2.75, 3.05) is 13.2 Å². The molecule has 1 amide bonds. The third kappa shape index (κ3) is 2.19. The van der Waals surface area contributed by atoms with Crippen LogP contribution >= 0.6 is 0 Å². The SMILES string of the molecule is NCCOc1c(C(N)=O)cnc2ccccc12. The number of rotatable bonds is 4. The number of aromatic nitrogens is 1. The van der Waals surface area contributed by atoms with Gasteiger partial charge in [-0.2, -0.15) is 0 Å². The Kier molecular flexibility index (Phi) is 3.20. The topological polar surface area (TPSA) is 91.2 Å². The maximum Gasteiger partial charge on any atom is 0.254 e. The van der Waals surface area contributed by atoms with Crippen molar-refractivity contribution < 1.29 is 9.53 Å². The Labute approximate surface area is 98.4 Å². The number of benzene rings is 1. The van der Waals surface area contributed by atoms with E-state index in [4.69, 9.17) is 16.2 Å². The molecule has 88 valence electrons. The maximum atomic E-state index is 11.3. The second-order valence-electron chi connectivity index (χ2n) is 3.52. The van der Waals surface area contributed by atoms with Crippen LogP contribution in [0, 0.1) is 0 Å². The van der Waals surface area contributed by atoms with Gasteiger partial charge in [-0.1, -0.05) is 12.1 Å². The maximum absolute atomic E-state index is 11.3. The fourth-order valence-electron chi connectivity index (χ4n) is 1.61. The molecule has 0 unspecified atom stereocenters. The summed E-state index contributed by atoms with van der Waals surface area (Å²) < 4.78 is 5.50. The Morgan fingerprint density at radius 3 is 2.82 bits per heavy atom. The average molecular weight is 231 g/mol. The Hall–Kier alpha value is -2.14. The van der Waals surface area contributed by atoms with E-state index in [1.165, 1.54) is 6.20 Å². The molecule has 0 aliphatic carbocycles. The molecule has 0 bridgehead atoms. The van der Waals surface area contributed by atoms with E-state index < -0.39 is 5.91 Å². The second-order valence-corrected chi connectivity index (χ2v) is 3.52. The molecule has 2 aromatic rings. The highest BCUT2D eigenvalue weighted by atomic mass is 16.5. The van der Waals surface area contributed by atoms with Gasteiger partial charge in [0.1, 0.15) is 17.9 Å². The summed E-state index contributed by atoms with van der Waals surface area (Å²) in [5.41, 5.74) is 11.7. The van der Waals surface area contributed by atoms with Crippen molar-refractivity contribution in [2.45, 2.75) is 0 Å². The fraction of sp³-hybridized carbons (Fsp3) is 0.167. The number of carbonyl (C=O) groups excluding carboxylic acids is 1. The van der Waals surface area contributed by atoms with Crippen LogP contribution in [-0.4, -0.2) is 24.0 Å². The fourth-order valence-corrected chi connectivity index (χ4v) is 1.61. The molecular weight excluding hydrogens is 218 g/mol. The van der Waals surface area contributed by atoms with E-state index in [0.29, 0.717) is 18.9 Å². The van der Waals surface area contributed by atoms with E-state index in [1.807, 2.05) is 24.3 Å². The molecule has 17 heavy (non-hydrogen) atoms. The number of amides is 1. The molecule has 0 fully saturated rings. The number of ether oxygens (including phenoxy) is 1. The smallest absolute Gasteiger partial charge is 0.254 e. The number of para-hydroxylation sites is 1. The summed E-state index contributed by atoms with van der Waals surface area (Å²) in [5.74, 6) is -0.108. The summed E-state index contributed by atoms with van der Waals surface area (Å²) >= 11 is 0. The largest absolute Gasteiger partial charge is 0.491 e. The highest BCUT2D eigenvalue weighted by molar-refractivity contribution is 6.01. The Morgan fingerprint density at radius 2 is 2.12 bits per heavy atom. The standard InChI is InChI=1S/C12H13N3O2/c13-5-6-17-11-8-3-1-2-4-10(8)15-7-9(11)12(14)16/h1-4,7H,5-6,13H2,(H2,14,16). The van der Waals surface area contributed by atoms with Crippen molar-refractivity contribution in [3.05, 3.63) is 36.0 Å². The second kappa shape index (κ2) is 4.80. The number of nitrogens with two attached hydrogens (primary N) is 2. The molecule has 4 N–H and O–H groups in total. The third-order valence-corrected chi connectivity index (χ3v) is 2.36. The van der Waals surface area contributed by atoms with E-state index in [2.05, 4.69) is 4.98 Å². The zero-order valence-corrected chi connectivity index (χ0v) is 9.22. The lowest BCUT2D eigenvalue weighted by atomic mass is 10.1. The normalized spacial score (nSPS) is 10.4. The molecule has 2 rings (SSSR count). The first kappa shape index (κ1) is 11.3.